The normalized spacial score (nSPS) is 10.3. The monoisotopic (exact) mass is 344 g/mol. The molecule has 0 aliphatic carbocycles. The molecule has 0 bridgehead atoms. The molecule has 0 atom stereocenters. The number of hydrogen-bond acceptors (Lipinski definition) is 2. The lowest BCUT2D eigenvalue weighted by Crippen LogP contribution is -2.30. The van der Waals surface area contributed by atoms with E-state index in [1.54, 1.807) is 0 Å². The molecule has 0 spiro atoms. The Bertz CT molecular complexity index is 606. The minimum atomic E-state index is 0.685. The van der Waals surface area contributed by atoms with Gasteiger partial charge in [0.15, 0.2) is 5.11 Å². The fourth-order valence-corrected chi connectivity index (χ4v) is 3.15. The summed E-state index contributed by atoms with van der Waals surface area (Å²) < 4.78 is 0. The van der Waals surface area contributed by atoms with Gasteiger partial charge < -0.3 is 10.6 Å². The predicted molar refractivity (Wildman–Crippen MR) is 107 cm³/mol. The zero-order valence-electron chi connectivity index (χ0n) is 13.8. The topological polar surface area (TPSA) is 24.1 Å². The molecule has 2 aromatic carbocycles. The molecule has 0 aromatic heterocycles. The summed E-state index contributed by atoms with van der Waals surface area (Å²) >= 11 is 7.24. The fourth-order valence-electron chi connectivity index (χ4n) is 2.11. The first-order valence-electron chi connectivity index (χ1n) is 7.94. The van der Waals surface area contributed by atoms with E-state index in [1.807, 2.05) is 11.8 Å². The molecule has 0 heterocycles. The van der Waals surface area contributed by atoms with Crippen LogP contribution in [0.4, 0.5) is 5.69 Å². The maximum absolute atomic E-state index is 5.32. The molecule has 0 saturated heterocycles. The molecule has 0 unspecified atom stereocenters. The smallest absolute Gasteiger partial charge is 0.170 e. The Morgan fingerprint density at radius 2 is 1.65 bits per heavy atom. The van der Waals surface area contributed by atoms with Gasteiger partial charge in [0, 0.05) is 23.7 Å². The van der Waals surface area contributed by atoms with Gasteiger partial charge in [-0.2, -0.15) is 11.8 Å². The van der Waals surface area contributed by atoms with E-state index in [0.29, 0.717) is 5.11 Å². The zero-order chi connectivity index (χ0) is 16.5. The Kier molecular flexibility index (Phi) is 7.43. The van der Waals surface area contributed by atoms with E-state index in [4.69, 9.17) is 12.2 Å². The first-order chi connectivity index (χ1) is 11.2. The molecule has 122 valence electrons. The summed E-state index contributed by atoms with van der Waals surface area (Å²) in [5, 5.41) is 7.16. The third kappa shape index (κ3) is 6.63. The standard InChI is InChI=1S/C19H24N2S2/c1-3-16-8-10-18(11-9-16)21-19(22)20-12-13-23-14-17-6-4-15(2)5-7-17/h4-11H,3,12-14H2,1-2H3,(H2,20,21,22). The second-order valence-corrected chi connectivity index (χ2v) is 6.98. The van der Waals surface area contributed by atoms with E-state index < -0.39 is 0 Å². The second kappa shape index (κ2) is 9.58. The molecule has 23 heavy (non-hydrogen) atoms. The molecule has 2 rings (SSSR count). The van der Waals surface area contributed by atoms with Gasteiger partial charge >= 0.3 is 0 Å². The van der Waals surface area contributed by atoms with E-state index in [0.717, 1.165) is 30.2 Å². The van der Waals surface area contributed by atoms with Gasteiger partial charge in [-0.05, 0) is 48.8 Å². The Morgan fingerprint density at radius 1 is 1.00 bits per heavy atom. The summed E-state index contributed by atoms with van der Waals surface area (Å²) in [5.41, 5.74) is 5.05. The number of benzene rings is 2. The molecular formula is C19H24N2S2. The van der Waals surface area contributed by atoms with Crippen LogP contribution in [0, 0.1) is 6.92 Å². The van der Waals surface area contributed by atoms with Crippen molar-refractivity contribution in [3.8, 4) is 0 Å². The first-order valence-corrected chi connectivity index (χ1v) is 9.50. The number of anilines is 1. The summed E-state index contributed by atoms with van der Waals surface area (Å²) in [6, 6.07) is 17.1. The number of hydrogen-bond donors (Lipinski definition) is 2. The van der Waals surface area contributed by atoms with Crippen LogP contribution >= 0.6 is 24.0 Å². The molecule has 0 saturated carbocycles. The van der Waals surface area contributed by atoms with Crippen LogP contribution in [0.15, 0.2) is 48.5 Å². The maximum atomic E-state index is 5.32. The van der Waals surface area contributed by atoms with Crippen LogP contribution in [0.3, 0.4) is 0 Å². The van der Waals surface area contributed by atoms with Crippen molar-refractivity contribution in [3.63, 3.8) is 0 Å². The van der Waals surface area contributed by atoms with Gasteiger partial charge in [0.25, 0.3) is 0 Å². The van der Waals surface area contributed by atoms with Crippen molar-refractivity contribution in [1.29, 1.82) is 0 Å². The lowest BCUT2D eigenvalue weighted by Gasteiger charge is -2.11. The van der Waals surface area contributed by atoms with E-state index >= 15 is 0 Å². The minimum Gasteiger partial charge on any atom is -0.362 e. The van der Waals surface area contributed by atoms with E-state index in [-0.39, 0.29) is 0 Å². The average molecular weight is 345 g/mol. The fraction of sp³-hybridized carbons (Fsp3) is 0.316. The second-order valence-electron chi connectivity index (χ2n) is 5.47. The molecule has 0 amide bonds. The van der Waals surface area contributed by atoms with Gasteiger partial charge in [-0.3, -0.25) is 0 Å². The van der Waals surface area contributed by atoms with Crippen LogP contribution < -0.4 is 10.6 Å². The minimum absolute atomic E-state index is 0.685. The van der Waals surface area contributed by atoms with Crippen molar-refractivity contribution < 1.29 is 0 Å². The van der Waals surface area contributed by atoms with Gasteiger partial charge in [0.1, 0.15) is 0 Å². The number of aryl methyl sites for hydroxylation is 2. The molecule has 4 heteroatoms. The molecule has 2 N–H and O–H groups in total. The molecule has 0 aliphatic heterocycles. The van der Waals surface area contributed by atoms with Crippen LogP contribution in [0.5, 0.6) is 0 Å². The molecule has 0 radical (unpaired) electrons. The number of nitrogens with one attached hydrogen (secondary N) is 2. The van der Waals surface area contributed by atoms with E-state index in [2.05, 4.69) is 73.0 Å². The quantitative estimate of drug-likeness (QED) is 0.558. The average Bonchev–Trinajstić information content (AvgIpc) is 2.57. The van der Waals surface area contributed by atoms with Crippen LogP contribution in [-0.2, 0) is 12.2 Å². The largest absolute Gasteiger partial charge is 0.362 e. The highest BCUT2D eigenvalue weighted by Crippen LogP contribution is 2.12. The third-order valence-corrected chi connectivity index (χ3v) is 4.82. The molecule has 0 fully saturated rings. The van der Waals surface area contributed by atoms with Gasteiger partial charge in [0.2, 0.25) is 0 Å². The summed E-state index contributed by atoms with van der Waals surface area (Å²) in [4.78, 5) is 0. The number of thiocarbonyl (C=S) groups is 1. The van der Waals surface area contributed by atoms with Crippen molar-refractivity contribution in [2.24, 2.45) is 0 Å². The van der Waals surface area contributed by atoms with Crippen LogP contribution in [0.25, 0.3) is 0 Å². The summed E-state index contributed by atoms with van der Waals surface area (Å²) in [6.45, 7) is 5.14. The third-order valence-electron chi connectivity index (χ3n) is 3.54. The Morgan fingerprint density at radius 3 is 2.30 bits per heavy atom. The molecule has 2 aromatic rings. The van der Waals surface area contributed by atoms with Crippen molar-refractivity contribution >= 4 is 34.8 Å². The van der Waals surface area contributed by atoms with Gasteiger partial charge in [-0.1, -0.05) is 48.9 Å². The van der Waals surface area contributed by atoms with Crippen LogP contribution in [0.1, 0.15) is 23.6 Å². The van der Waals surface area contributed by atoms with Crippen molar-refractivity contribution in [3.05, 3.63) is 65.2 Å². The van der Waals surface area contributed by atoms with Crippen LogP contribution in [0.2, 0.25) is 0 Å². The Balaban J connectivity index is 1.61. The van der Waals surface area contributed by atoms with Crippen molar-refractivity contribution in [1.82, 2.24) is 5.32 Å². The first kappa shape index (κ1) is 17.8. The van der Waals surface area contributed by atoms with Gasteiger partial charge in [0.05, 0.1) is 0 Å². The molecular weight excluding hydrogens is 320 g/mol. The highest BCUT2D eigenvalue weighted by molar-refractivity contribution is 7.98. The van der Waals surface area contributed by atoms with Crippen LogP contribution in [-0.4, -0.2) is 17.4 Å². The zero-order valence-corrected chi connectivity index (χ0v) is 15.4. The summed E-state index contributed by atoms with van der Waals surface area (Å²) in [6.07, 6.45) is 1.06. The number of thioether (sulfide) groups is 1. The number of rotatable bonds is 7. The lowest BCUT2D eigenvalue weighted by atomic mass is 10.1. The predicted octanol–water partition coefficient (Wildman–Crippen LogP) is 4.78. The lowest BCUT2D eigenvalue weighted by molar-refractivity contribution is 0.989. The van der Waals surface area contributed by atoms with Gasteiger partial charge in [-0.15, -0.1) is 0 Å². The van der Waals surface area contributed by atoms with Crippen molar-refractivity contribution in [2.75, 3.05) is 17.6 Å². The summed E-state index contributed by atoms with van der Waals surface area (Å²) in [5.74, 6) is 2.07. The maximum Gasteiger partial charge on any atom is 0.170 e. The highest BCUT2D eigenvalue weighted by Gasteiger charge is 1.98. The van der Waals surface area contributed by atoms with E-state index in [9.17, 15) is 0 Å². The van der Waals surface area contributed by atoms with Gasteiger partial charge in [-0.25, -0.2) is 0 Å². The summed E-state index contributed by atoms with van der Waals surface area (Å²) in [7, 11) is 0. The SMILES string of the molecule is CCc1ccc(NC(=S)NCCSCc2ccc(C)cc2)cc1. The molecule has 0 aliphatic rings. The Labute approximate surface area is 149 Å². The van der Waals surface area contributed by atoms with E-state index in [1.165, 1.54) is 16.7 Å². The highest BCUT2D eigenvalue weighted by atomic mass is 32.2. The molecule has 2 nitrogen and oxygen atoms in total. The Hall–Kier alpha value is -1.52. The van der Waals surface area contributed by atoms with Crippen molar-refractivity contribution in [2.45, 2.75) is 26.0 Å².